The standard InChI is InChI=1S/C30H30F6N2O2/c1-3-4-15-37-26(39)19-25(27(20-11-7-5-8-12-20)21-13-9-6-10-14-21)38(2)28(40)22-16-23(29(31,32)33)18-24(17-22)30(34,35)36/h5-14,16-18,25,27H,3-4,15,19H2,1-2H3,(H,37,39). The maximum Gasteiger partial charge on any atom is 0.416 e. The van der Waals surface area contributed by atoms with Gasteiger partial charge < -0.3 is 10.2 Å². The van der Waals surface area contributed by atoms with Gasteiger partial charge in [0.05, 0.1) is 17.2 Å². The zero-order valence-corrected chi connectivity index (χ0v) is 22.0. The Balaban J connectivity index is 2.12. The Bertz CT molecular complexity index is 1210. The highest BCUT2D eigenvalue weighted by Crippen LogP contribution is 2.38. The lowest BCUT2D eigenvalue weighted by molar-refractivity contribution is -0.143. The van der Waals surface area contributed by atoms with E-state index in [0.29, 0.717) is 18.7 Å². The van der Waals surface area contributed by atoms with Crippen LogP contribution in [-0.2, 0) is 17.1 Å². The van der Waals surface area contributed by atoms with Gasteiger partial charge in [0.15, 0.2) is 0 Å². The van der Waals surface area contributed by atoms with Crippen LogP contribution in [0.3, 0.4) is 0 Å². The number of amides is 2. The summed E-state index contributed by atoms with van der Waals surface area (Å²) in [5, 5.41) is 2.79. The second-order valence-corrected chi connectivity index (χ2v) is 9.48. The number of rotatable bonds is 10. The summed E-state index contributed by atoms with van der Waals surface area (Å²) in [6.07, 6.45) is -8.90. The number of unbranched alkanes of at least 4 members (excludes halogenated alkanes) is 1. The quantitative estimate of drug-likeness (QED) is 0.208. The highest BCUT2D eigenvalue weighted by Gasteiger charge is 2.39. The normalized spacial score (nSPS) is 12.7. The third-order valence-electron chi connectivity index (χ3n) is 6.60. The van der Waals surface area contributed by atoms with Gasteiger partial charge >= 0.3 is 12.4 Å². The van der Waals surface area contributed by atoms with Crippen LogP contribution >= 0.6 is 0 Å². The molecule has 0 aliphatic carbocycles. The predicted octanol–water partition coefficient (Wildman–Crippen LogP) is 7.30. The molecule has 0 saturated carbocycles. The number of carbonyl (C=O) groups excluding carboxylic acids is 2. The Morgan fingerprint density at radius 1 is 0.800 bits per heavy atom. The molecular formula is C30H30F6N2O2. The van der Waals surface area contributed by atoms with Crippen LogP contribution in [0, 0.1) is 0 Å². The fourth-order valence-electron chi connectivity index (χ4n) is 4.54. The molecule has 0 aromatic heterocycles. The highest BCUT2D eigenvalue weighted by molar-refractivity contribution is 5.95. The van der Waals surface area contributed by atoms with E-state index in [1.165, 1.54) is 7.05 Å². The van der Waals surface area contributed by atoms with Crippen molar-refractivity contribution in [2.45, 2.75) is 50.5 Å². The lowest BCUT2D eigenvalue weighted by atomic mass is 9.82. The van der Waals surface area contributed by atoms with Crippen molar-refractivity contribution in [1.82, 2.24) is 10.2 Å². The summed E-state index contributed by atoms with van der Waals surface area (Å²) >= 11 is 0. The minimum absolute atomic E-state index is 0.0216. The third kappa shape index (κ3) is 7.86. The average molecular weight is 565 g/mol. The number of likely N-dealkylation sites (N-methyl/N-ethyl adjacent to an activating group) is 1. The van der Waals surface area contributed by atoms with E-state index in [2.05, 4.69) is 5.32 Å². The van der Waals surface area contributed by atoms with E-state index < -0.39 is 52.8 Å². The first kappa shape index (κ1) is 30.7. The van der Waals surface area contributed by atoms with Crippen molar-refractivity contribution in [2.75, 3.05) is 13.6 Å². The number of halogens is 6. The highest BCUT2D eigenvalue weighted by atomic mass is 19.4. The van der Waals surface area contributed by atoms with Crippen LogP contribution in [0.2, 0.25) is 0 Å². The molecule has 214 valence electrons. The van der Waals surface area contributed by atoms with Crippen molar-refractivity contribution in [3.05, 3.63) is 107 Å². The van der Waals surface area contributed by atoms with E-state index in [-0.39, 0.29) is 12.5 Å². The second-order valence-electron chi connectivity index (χ2n) is 9.48. The van der Waals surface area contributed by atoms with Gasteiger partial charge in [-0.3, -0.25) is 9.59 Å². The molecule has 0 aliphatic rings. The summed E-state index contributed by atoms with van der Waals surface area (Å²) in [6.45, 7) is 2.34. The van der Waals surface area contributed by atoms with Gasteiger partial charge in [0.1, 0.15) is 0 Å². The molecule has 0 heterocycles. The average Bonchev–Trinajstić information content (AvgIpc) is 2.92. The molecule has 3 rings (SSSR count). The summed E-state index contributed by atoms with van der Waals surface area (Å²) in [7, 11) is 1.29. The van der Waals surface area contributed by atoms with Gasteiger partial charge in [0.2, 0.25) is 5.91 Å². The Labute approximate surface area is 229 Å². The van der Waals surface area contributed by atoms with Crippen LogP contribution in [0.25, 0.3) is 0 Å². The van der Waals surface area contributed by atoms with Gasteiger partial charge in [-0.05, 0) is 35.7 Å². The number of nitrogens with one attached hydrogen (secondary N) is 1. The summed E-state index contributed by atoms with van der Waals surface area (Å²) in [6, 6.07) is 17.7. The first-order valence-corrected chi connectivity index (χ1v) is 12.8. The topological polar surface area (TPSA) is 49.4 Å². The smallest absolute Gasteiger partial charge is 0.356 e. The zero-order valence-electron chi connectivity index (χ0n) is 22.0. The van der Waals surface area contributed by atoms with E-state index in [1.807, 2.05) is 6.92 Å². The van der Waals surface area contributed by atoms with Gasteiger partial charge in [-0.15, -0.1) is 0 Å². The van der Waals surface area contributed by atoms with E-state index >= 15 is 0 Å². The lowest BCUT2D eigenvalue weighted by Gasteiger charge is -2.35. The molecule has 3 aromatic rings. The molecule has 0 fully saturated rings. The number of benzene rings is 3. The first-order valence-electron chi connectivity index (χ1n) is 12.8. The molecule has 0 saturated heterocycles. The molecule has 0 bridgehead atoms. The number of hydrogen-bond donors (Lipinski definition) is 1. The second kappa shape index (κ2) is 13.0. The van der Waals surface area contributed by atoms with Crippen LogP contribution in [-0.4, -0.2) is 36.3 Å². The molecule has 1 atom stereocenters. The van der Waals surface area contributed by atoms with E-state index in [9.17, 15) is 35.9 Å². The van der Waals surface area contributed by atoms with Crippen molar-refractivity contribution < 1.29 is 35.9 Å². The van der Waals surface area contributed by atoms with E-state index in [1.54, 1.807) is 60.7 Å². The van der Waals surface area contributed by atoms with E-state index in [4.69, 9.17) is 0 Å². The minimum atomic E-state index is -5.11. The maximum atomic E-state index is 13.6. The van der Waals surface area contributed by atoms with Crippen molar-refractivity contribution >= 4 is 11.8 Å². The van der Waals surface area contributed by atoms with Gasteiger partial charge in [0.25, 0.3) is 5.91 Å². The number of carbonyl (C=O) groups is 2. The van der Waals surface area contributed by atoms with Gasteiger partial charge in [-0.25, -0.2) is 0 Å². The fraction of sp³-hybridized carbons (Fsp3) is 0.333. The van der Waals surface area contributed by atoms with Gasteiger partial charge in [-0.1, -0.05) is 74.0 Å². The number of hydrogen-bond acceptors (Lipinski definition) is 2. The third-order valence-corrected chi connectivity index (χ3v) is 6.60. The van der Waals surface area contributed by atoms with Crippen LogP contribution in [0.5, 0.6) is 0 Å². The van der Waals surface area contributed by atoms with Crippen LogP contribution < -0.4 is 5.32 Å². The Kier molecular flexibility index (Phi) is 10.0. The van der Waals surface area contributed by atoms with Gasteiger partial charge in [-0.2, -0.15) is 26.3 Å². The summed E-state index contributed by atoms with van der Waals surface area (Å²) < 4.78 is 81.0. The van der Waals surface area contributed by atoms with Crippen molar-refractivity contribution in [1.29, 1.82) is 0 Å². The van der Waals surface area contributed by atoms with Crippen LogP contribution in [0.15, 0.2) is 78.9 Å². The van der Waals surface area contributed by atoms with E-state index in [0.717, 1.165) is 28.9 Å². The maximum absolute atomic E-state index is 13.6. The predicted molar refractivity (Wildman–Crippen MR) is 140 cm³/mol. The van der Waals surface area contributed by atoms with Crippen molar-refractivity contribution in [3.63, 3.8) is 0 Å². The number of nitrogens with zero attached hydrogens (tertiary/aromatic N) is 1. The molecule has 4 nitrogen and oxygen atoms in total. The SMILES string of the molecule is CCCCNC(=O)CC(C(c1ccccc1)c1ccccc1)N(C)C(=O)c1cc(C(F)(F)F)cc(C(F)(F)F)c1. The molecular weight excluding hydrogens is 534 g/mol. The molecule has 3 aromatic carbocycles. The lowest BCUT2D eigenvalue weighted by Crippen LogP contribution is -2.44. The zero-order chi connectivity index (χ0) is 29.5. The molecule has 0 aliphatic heterocycles. The molecule has 2 amide bonds. The van der Waals surface area contributed by atoms with Crippen LogP contribution in [0.1, 0.15) is 64.7 Å². The van der Waals surface area contributed by atoms with Crippen molar-refractivity contribution in [3.8, 4) is 0 Å². The van der Waals surface area contributed by atoms with Crippen LogP contribution in [0.4, 0.5) is 26.3 Å². The Morgan fingerprint density at radius 2 is 1.27 bits per heavy atom. The molecule has 0 radical (unpaired) electrons. The van der Waals surface area contributed by atoms with Gasteiger partial charge in [0, 0.05) is 31.5 Å². The molecule has 40 heavy (non-hydrogen) atoms. The Hall–Kier alpha value is -3.82. The summed E-state index contributed by atoms with van der Waals surface area (Å²) in [4.78, 5) is 27.7. The molecule has 0 spiro atoms. The monoisotopic (exact) mass is 564 g/mol. The Morgan fingerprint density at radius 3 is 1.70 bits per heavy atom. The molecule has 10 heteroatoms. The first-order chi connectivity index (χ1) is 18.8. The summed E-state index contributed by atoms with van der Waals surface area (Å²) in [5.74, 6) is -2.07. The molecule has 1 N–H and O–H groups in total. The van der Waals surface area contributed by atoms with Crippen molar-refractivity contribution in [2.24, 2.45) is 0 Å². The number of alkyl halides is 6. The fourth-order valence-corrected chi connectivity index (χ4v) is 4.54. The molecule has 1 unspecified atom stereocenters. The minimum Gasteiger partial charge on any atom is -0.356 e. The summed E-state index contributed by atoms with van der Waals surface area (Å²) in [5.41, 5.74) is -2.51. The largest absolute Gasteiger partial charge is 0.416 e.